The van der Waals surface area contributed by atoms with Crippen molar-refractivity contribution in [2.75, 3.05) is 50.9 Å². The number of rotatable bonds is 8. The Labute approximate surface area is 200 Å². The lowest BCUT2D eigenvalue weighted by molar-refractivity contribution is 0.0376. The fourth-order valence-corrected chi connectivity index (χ4v) is 5.27. The largest absolute Gasteiger partial charge is 0.492 e. The summed E-state index contributed by atoms with van der Waals surface area (Å²) in [6.45, 7) is 7.55. The smallest absolute Gasteiger partial charge is 0.261 e. The van der Waals surface area contributed by atoms with E-state index >= 15 is 0 Å². The number of benzene rings is 2. The molecule has 6 nitrogen and oxygen atoms in total. The van der Waals surface area contributed by atoms with Gasteiger partial charge in [0.25, 0.3) is 5.91 Å². The summed E-state index contributed by atoms with van der Waals surface area (Å²) in [7, 11) is 0. The number of fused-ring (bicyclic) bond motifs is 1. The quantitative estimate of drug-likeness (QED) is 0.381. The molecule has 0 spiro atoms. The number of hydrogen-bond acceptors (Lipinski definition) is 6. The van der Waals surface area contributed by atoms with Crippen molar-refractivity contribution < 1.29 is 14.3 Å². The molecule has 164 valence electrons. The van der Waals surface area contributed by atoms with Gasteiger partial charge >= 0.3 is 0 Å². The maximum Gasteiger partial charge on any atom is 0.261 e. The van der Waals surface area contributed by atoms with Crippen LogP contribution in [0.4, 0.5) is 5.13 Å². The van der Waals surface area contributed by atoms with Gasteiger partial charge in [-0.15, -0.1) is 0 Å². The Kier molecular flexibility index (Phi) is 7.76. The molecule has 0 N–H and O–H groups in total. The first-order chi connectivity index (χ1) is 15.2. The number of carbonyl (C=O) groups excluding carboxylic acids is 1. The molecule has 1 fully saturated rings. The molecule has 1 aliphatic heterocycles. The van der Waals surface area contributed by atoms with Crippen molar-refractivity contribution in [3.63, 3.8) is 0 Å². The molecule has 1 amide bonds. The number of ether oxygens (including phenoxy) is 2. The number of aromatic nitrogens is 1. The van der Waals surface area contributed by atoms with E-state index in [-0.39, 0.29) is 5.91 Å². The van der Waals surface area contributed by atoms with Crippen LogP contribution in [0.1, 0.15) is 23.7 Å². The van der Waals surface area contributed by atoms with Gasteiger partial charge < -0.3 is 9.47 Å². The lowest BCUT2D eigenvalue weighted by atomic mass is 10.2. The van der Waals surface area contributed by atoms with Crippen molar-refractivity contribution in [1.82, 2.24) is 9.88 Å². The number of thiazole rings is 1. The van der Waals surface area contributed by atoms with E-state index in [1.54, 1.807) is 0 Å². The molecule has 0 bridgehead atoms. The molecule has 0 saturated carbocycles. The van der Waals surface area contributed by atoms with E-state index in [4.69, 9.17) is 14.5 Å². The van der Waals surface area contributed by atoms with Gasteiger partial charge in [0.05, 0.1) is 30.1 Å². The minimum absolute atomic E-state index is 0.0102. The molecule has 0 radical (unpaired) electrons. The van der Waals surface area contributed by atoms with E-state index in [1.165, 1.54) is 11.3 Å². The summed E-state index contributed by atoms with van der Waals surface area (Å²) in [4.78, 5) is 22.6. The predicted molar refractivity (Wildman–Crippen MR) is 134 cm³/mol. The van der Waals surface area contributed by atoms with Crippen molar-refractivity contribution in [1.29, 1.82) is 0 Å². The summed E-state index contributed by atoms with van der Waals surface area (Å²) in [6, 6.07) is 13.6. The van der Waals surface area contributed by atoms with Crippen LogP contribution in [0.5, 0.6) is 5.75 Å². The van der Waals surface area contributed by atoms with E-state index in [0.29, 0.717) is 23.8 Å². The first-order valence-corrected chi connectivity index (χ1v) is 12.5. The first-order valence-electron chi connectivity index (χ1n) is 10.6. The van der Waals surface area contributed by atoms with Crippen LogP contribution in [0.3, 0.4) is 0 Å². The lowest BCUT2D eigenvalue weighted by Gasteiger charge is -2.27. The zero-order chi connectivity index (χ0) is 21.6. The fraction of sp³-hybridized carbons (Fsp3) is 0.391. The van der Waals surface area contributed by atoms with E-state index in [0.717, 1.165) is 58.8 Å². The second-order valence-electron chi connectivity index (χ2n) is 7.28. The number of halogens is 1. The van der Waals surface area contributed by atoms with Gasteiger partial charge in [-0.1, -0.05) is 29.5 Å². The average Bonchev–Trinajstić information content (AvgIpc) is 3.22. The maximum atomic E-state index is 13.6. The van der Waals surface area contributed by atoms with Crippen molar-refractivity contribution >= 4 is 55.2 Å². The number of amides is 1. The Morgan fingerprint density at radius 3 is 2.81 bits per heavy atom. The standard InChI is InChI=1S/C23H26IN3O3S/c1-2-30-19-9-5-10-20-21(19)25-23(31-20)27(12-6-11-26-13-15-29-16-14-26)22(28)17-7-3-4-8-18(17)24/h3-5,7-10H,2,6,11-16H2,1H3. The molecule has 8 heteroatoms. The number of hydrogen-bond donors (Lipinski definition) is 0. The van der Waals surface area contributed by atoms with Crippen LogP contribution >= 0.6 is 33.9 Å². The van der Waals surface area contributed by atoms with Crippen molar-refractivity contribution in [2.24, 2.45) is 0 Å². The number of para-hydroxylation sites is 1. The SMILES string of the molecule is CCOc1cccc2sc(N(CCCN3CCOCC3)C(=O)c3ccccc3I)nc12. The molecule has 1 aliphatic rings. The topological polar surface area (TPSA) is 54.9 Å². The Morgan fingerprint density at radius 2 is 2.03 bits per heavy atom. The summed E-state index contributed by atoms with van der Waals surface area (Å²) < 4.78 is 13.2. The Balaban J connectivity index is 1.61. The highest BCUT2D eigenvalue weighted by Crippen LogP contribution is 2.35. The van der Waals surface area contributed by atoms with Gasteiger partial charge in [-0.2, -0.15) is 0 Å². The van der Waals surface area contributed by atoms with E-state index < -0.39 is 0 Å². The summed E-state index contributed by atoms with van der Waals surface area (Å²) in [5, 5.41) is 0.716. The monoisotopic (exact) mass is 551 g/mol. The zero-order valence-electron chi connectivity index (χ0n) is 17.6. The lowest BCUT2D eigenvalue weighted by Crippen LogP contribution is -2.39. The van der Waals surface area contributed by atoms with Gasteiger partial charge in [0.15, 0.2) is 5.13 Å². The number of anilines is 1. The highest BCUT2D eigenvalue weighted by Gasteiger charge is 2.24. The van der Waals surface area contributed by atoms with Crippen molar-refractivity contribution in [3.05, 3.63) is 51.6 Å². The normalized spacial score (nSPS) is 14.6. The second-order valence-corrected chi connectivity index (χ2v) is 9.45. The molecule has 1 saturated heterocycles. The predicted octanol–water partition coefficient (Wildman–Crippen LogP) is 4.67. The molecule has 31 heavy (non-hydrogen) atoms. The van der Waals surface area contributed by atoms with Crippen molar-refractivity contribution in [2.45, 2.75) is 13.3 Å². The van der Waals surface area contributed by atoms with Crippen LogP contribution in [0.15, 0.2) is 42.5 Å². The third kappa shape index (κ3) is 5.36. The third-order valence-corrected chi connectivity index (χ3v) is 7.19. The first kappa shape index (κ1) is 22.4. The molecule has 4 rings (SSSR count). The number of carbonyl (C=O) groups is 1. The molecule has 2 aromatic carbocycles. The zero-order valence-corrected chi connectivity index (χ0v) is 20.5. The van der Waals surface area contributed by atoms with Gasteiger partial charge in [0, 0.05) is 29.7 Å². The average molecular weight is 551 g/mol. The van der Waals surface area contributed by atoms with Gasteiger partial charge in [-0.3, -0.25) is 14.6 Å². The number of nitrogens with zero attached hydrogens (tertiary/aromatic N) is 3. The summed E-state index contributed by atoms with van der Waals surface area (Å²) in [6.07, 6.45) is 0.878. The third-order valence-electron chi connectivity index (χ3n) is 5.21. The van der Waals surface area contributed by atoms with Gasteiger partial charge in [-0.05, 0) is 60.2 Å². The van der Waals surface area contributed by atoms with Crippen molar-refractivity contribution in [3.8, 4) is 5.75 Å². The van der Waals surface area contributed by atoms with E-state index in [1.807, 2.05) is 54.3 Å². The van der Waals surface area contributed by atoms with E-state index in [2.05, 4.69) is 27.5 Å². The summed E-state index contributed by atoms with van der Waals surface area (Å²) in [5.74, 6) is 0.751. The molecule has 2 heterocycles. The van der Waals surface area contributed by atoms with E-state index in [9.17, 15) is 4.79 Å². The van der Waals surface area contributed by atoms with Gasteiger partial charge in [-0.25, -0.2) is 4.98 Å². The van der Waals surface area contributed by atoms with Gasteiger partial charge in [0.1, 0.15) is 11.3 Å². The molecule has 0 atom stereocenters. The van der Waals surface area contributed by atoms with Crippen LogP contribution in [-0.2, 0) is 4.74 Å². The second kappa shape index (κ2) is 10.7. The molecule has 0 aliphatic carbocycles. The highest BCUT2D eigenvalue weighted by molar-refractivity contribution is 14.1. The molecule has 3 aromatic rings. The summed E-state index contributed by atoms with van der Waals surface area (Å²) >= 11 is 3.76. The molecular formula is C23H26IN3O3S. The van der Waals surface area contributed by atoms with Crippen LogP contribution in [-0.4, -0.2) is 61.8 Å². The number of morpholine rings is 1. The highest BCUT2D eigenvalue weighted by atomic mass is 127. The fourth-order valence-electron chi connectivity index (χ4n) is 3.64. The molecule has 1 aromatic heterocycles. The molecular weight excluding hydrogens is 525 g/mol. The Hall–Kier alpha value is -1.75. The van der Waals surface area contributed by atoms with Crippen LogP contribution in [0.25, 0.3) is 10.2 Å². The minimum Gasteiger partial charge on any atom is -0.492 e. The van der Waals surface area contributed by atoms with Gasteiger partial charge in [0.2, 0.25) is 0 Å². The maximum absolute atomic E-state index is 13.6. The Bertz CT molecular complexity index is 1040. The molecule has 0 unspecified atom stereocenters. The van der Waals surface area contributed by atoms with Crippen LogP contribution < -0.4 is 9.64 Å². The summed E-state index contributed by atoms with van der Waals surface area (Å²) in [5.41, 5.74) is 1.52. The van der Waals surface area contributed by atoms with Crippen LogP contribution in [0, 0.1) is 3.57 Å². The minimum atomic E-state index is -0.0102. The Morgan fingerprint density at radius 1 is 1.23 bits per heavy atom. The van der Waals surface area contributed by atoms with Crippen LogP contribution in [0.2, 0.25) is 0 Å².